The second kappa shape index (κ2) is 9.38. The molecule has 0 fully saturated rings. The molecule has 0 radical (unpaired) electrons. The minimum absolute atomic E-state index is 0.0853. The van der Waals surface area contributed by atoms with Crippen LogP contribution in [0.25, 0.3) is 11.4 Å². The van der Waals surface area contributed by atoms with Gasteiger partial charge in [0.2, 0.25) is 15.9 Å². The average Bonchev–Trinajstić information content (AvgIpc) is 3.10. The largest absolute Gasteiger partial charge is 0.381 e. The van der Waals surface area contributed by atoms with E-state index in [4.69, 9.17) is 10.5 Å². The van der Waals surface area contributed by atoms with Crippen LogP contribution in [-0.4, -0.2) is 55.0 Å². The fourth-order valence-electron chi connectivity index (χ4n) is 1.98. The lowest BCUT2D eigenvalue weighted by Gasteiger charge is -2.08. The molecule has 2 rings (SSSR count). The molecule has 0 saturated heterocycles. The lowest BCUT2D eigenvalue weighted by atomic mass is 10.2. The third kappa shape index (κ3) is 6.19. The first-order valence-electron chi connectivity index (χ1n) is 8.00. The van der Waals surface area contributed by atoms with Crippen molar-refractivity contribution in [1.29, 1.82) is 0 Å². The third-order valence-corrected chi connectivity index (χ3v) is 4.59. The number of benzene rings is 1. The van der Waals surface area contributed by atoms with Crippen molar-refractivity contribution < 1.29 is 17.9 Å². The van der Waals surface area contributed by atoms with Crippen molar-refractivity contribution in [2.75, 3.05) is 30.8 Å². The van der Waals surface area contributed by atoms with E-state index in [1.807, 2.05) is 0 Å². The van der Waals surface area contributed by atoms with Gasteiger partial charge in [0.25, 0.3) is 0 Å². The number of sulfonamides is 1. The van der Waals surface area contributed by atoms with Gasteiger partial charge in [-0.3, -0.25) is 9.89 Å². The monoisotopic (exact) mass is 382 g/mol. The van der Waals surface area contributed by atoms with Gasteiger partial charge in [-0.05, 0) is 31.2 Å². The zero-order valence-corrected chi connectivity index (χ0v) is 15.2. The summed E-state index contributed by atoms with van der Waals surface area (Å²) in [6.07, 6.45) is 0. The highest BCUT2D eigenvalue weighted by molar-refractivity contribution is 7.89. The van der Waals surface area contributed by atoms with Crippen LogP contribution >= 0.6 is 0 Å². The van der Waals surface area contributed by atoms with Gasteiger partial charge < -0.3 is 15.8 Å². The third-order valence-electron chi connectivity index (χ3n) is 3.31. The summed E-state index contributed by atoms with van der Waals surface area (Å²) in [5.41, 5.74) is 6.77. The second-order valence-electron chi connectivity index (χ2n) is 5.27. The maximum atomic E-state index is 11.9. The number of nitrogens with two attached hydrogens (primary N) is 1. The molecule has 26 heavy (non-hydrogen) atoms. The molecule has 0 saturated carbocycles. The number of nitrogens with one attached hydrogen (secondary N) is 3. The molecule has 0 aliphatic heterocycles. The lowest BCUT2D eigenvalue weighted by molar-refractivity contribution is -0.115. The highest BCUT2D eigenvalue weighted by Gasteiger charge is 2.12. The second-order valence-corrected chi connectivity index (χ2v) is 7.20. The number of hydrogen-bond donors (Lipinski definition) is 4. The summed E-state index contributed by atoms with van der Waals surface area (Å²) < 4.78 is 30.6. The van der Waals surface area contributed by atoms with Crippen molar-refractivity contribution in [3.05, 3.63) is 30.1 Å². The molecule has 10 nitrogen and oxygen atoms in total. The summed E-state index contributed by atoms with van der Waals surface area (Å²) in [5.74, 6) is 0.421. The first-order chi connectivity index (χ1) is 12.4. The fraction of sp³-hybridized carbons (Fsp3) is 0.400. The Bertz CT molecular complexity index is 819. The van der Waals surface area contributed by atoms with Crippen LogP contribution in [0.15, 0.2) is 24.3 Å². The van der Waals surface area contributed by atoms with E-state index in [9.17, 15) is 13.2 Å². The number of ether oxygens (including phenoxy) is 1. The van der Waals surface area contributed by atoms with E-state index in [2.05, 4.69) is 25.2 Å². The number of amides is 1. The lowest BCUT2D eigenvalue weighted by Crippen LogP contribution is -2.35. The van der Waals surface area contributed by atoms with E-state index in [0.29, 0.717) is 23.9 Å². The highest BCUT2D eigenvalue weighted by Crippen LogP contribution is 2.17. The molecule has 0 bridgehead atoms. The quantitative estimate of drug-likeness (QED) is 0.416. The predicted octanol–water partition coefficient (Wildman–Crippen LogP) is -0.175. The Kier molecular flexibility index (Phi) is 7.21. The van der Waals surface area contributed by atoms with Crippen molar-refractivity contribution in [2.45, 2.75) is 13.5 Å². The van der Waals surface area contributed by atoms with Crippen molar-refractivity contribution in [3.8, 4) is 11.4 Å². The number of nitrogens with zero attached hydrogens (tertiary/aromatic N) is 2. The predicted molar refractivity (Wildman–Crippen MR) is 96.6 cm³/mol. The first-order valence-corrected chi connectivity index (χ1v) is 9.65. The molecule has 1 aromatic carbocycles. The standard InChI is InChI=1S/C15H22N6O4S/c1-2-25-7-8-26(23,24)17-10-14(22)18-12-5-3-11(4-6-12)15-19-13(9-16)20-21-15/h3-6,17H,2,7-10,16H2,1H3,(H,18,22)(H,19,20,21). The van der Waals surface area contributed by atoms with Crippen LogP contribution < -0.4 is 15.8 Å². The Hall–Kier alpha value is -2.34. The molecule has 0 aliphatic rings. The molecular weight excluding hydrogens is 360 g/mol. The van der Waals surface area contributed by atoms with E-state index in [0.717, 1.165) is 5.56 Å². The van der Waals surface area contributed by atoms with Crippen LogP contribution in [-0.2, 0) is 26.1 Å². The Morgan fingerprint density at radius 1 is 1.31 bits per heavy atom. The van der Waals surface area contributed by atoms with Crippen LogP contribution in [0.2, 0.25) is 0 Å². The van der Waals surface area contributed by atoms with E-state index >= 15 is 0 Å². The van der Waals surface area contributed by atoms with Gasteiger partial charge in [-0.2, -0.15) is 5.10 Å². The Balaban J connectivity index is 1.85. The smallest absolute Gasteiger partial charge is 0.239 e. The maximum Gasteiger partial charge on any atom is 0.239 e. The van der Waals surface area contributed by atoms with Crippen LogP contribution in [0.1, 0.15) is 12.7 Å². The van der Waals surface area contributed by atoms with E-state index in [1.165, 1.54) is 0 Å². The molecule has 1 heterocycles. The van der Waals surface area contributed by atoms with Gasteiger partial charge in [-0.15, -0.1) is 0 Å². The zero-order chi connectivity index (χ0) is 19.0. The topological polar surface area (TPSA) is 152 Å². The number of H-pyrrole nitrogens is 1. The molecule has 0 atom stereocenters. The minimum Gasteiger partial charge on any atom is -0.381 e. The number of carbonyl (C=O) groups excluding carboxylic acids is 1. The molecule has 0 aliphatic carbocycles. The van der Waals surface area contributed by atoms with Crippen LogP contribution in [0, 0.1) is 0 Å². The summed E-state index contributed by atoms with van der Waals surface area (Å²) in [5, 5.41) is 9.38. The van der Waals surface area contributed by atoms with Crippen LogP contribution in [0.5, 0.6) is 0 Å². The van der Waals surface area contributed by atoms with Gasteiger partial charge in [0, 0.05) is 17.9 Å². The summed E-state index contributed by atoms with van der Waals surface area (Å²) >= 11 is 0. The Morgan fingerprint density at radius 2 is 2.04 bits per heavy atom. The van der Waals surface area contributed by atoms with Crippen molar-refractivity contribution in [2.24, 2.45) is 5.73 Å². The summed E-state index contributed by atoms with van der Waals surface area (Å²) in [7, 11) is -3.55. The fourth-order valence-corrected chi connectivity index (χ4v) is 2.82. The zero-order valence-electron chi connectivity index (χ0n) is 14.4. The minimum atomic E-state index is -3.55. The van der Waals surface area contributed by atoms with Gasteiger partial charge in [-0.25, -0.2) is 18.1 Å². The van der Waals surface area contributed by atoms with Gasteiger partial charge in [0.15, 0.2) is 5.82 Å². The normalized spacial score (nSPS) is 11.5. The molecule has 0 unspecified atom stereocenters. The van der Waals surface area contributed by atoms with E-state index in [-0.39, 0.29) is 25.4 Å². The number of hydrogen-bond acceptors (Lipinski definition) is 7. The summed E-state index contributed by atoms with van der Waals surface area (Å²) in [6.45, 7) is 2.21. The maximum absolute atomic E-state index is 11.9. The Labute approximate surface area is 151 Å². The number of aromatic nitrogens is 3. The van der Waals surface area contributed by atoms with Gasteiger partial charge in [0.1, 0.15) is 5.82 Å². The van der Waals surface area contributed by atoms with Gasteiger partial charge in [-0.1, -0.05) is 0 Å². The summed E-state index contributed by atoms with van der Waals surface area (Å²) in [4.78, 5) is 16.1. The molecule has 1 amide bonds. The molecule has 1 aromatic heterocycles. The molecule has 0 spiro atoms. The first kappa shape index (κ1) is 20.0. The van der Waals surface area contributed by atoms with E-state index in [1.54, 1.807) is 31.2 Å². The molecule has 142 valence electrons. The average molecular weight is 382 g/mol. The number of aromatic amines is 1. The van der Waals surface area contributed by atoms with Crippen molar-refractivity contribution in [3.63, 3.8) is 0 Å². The van der Waals surface area contributed by atoms with Crippen LogP contribution in [0.3, 0.4) is 0 Å². The number of anilines is 1. The van der Waals surface area contributed by atoms with Crippen molar-refractivity contribution >= 4 is 21.6 Å². The van der Waals surface area contributed by atoms with Crippen LogP contribution in [0.4, 0.5) is 5.69 Å². The van der Waals surface area contributed by atoms with E-state index < -0.39 is 15.9 Å². The van der Waals surface area contributed by atoms with Gasteiger partial charge in [0.05, 0.1) is 25.4 Å². The highest BCUT2D eigenvalue weighted by atomic mass is 32.2. The SMILES string of the molecule is CCOCCS(=O)(=O)NCC(=O)Nc1ccc(-c2n[nH]c(CN)n2)cc1. The number of carbonyl (C=O) groups is 1. The molecule has 11 heteroatoms. The molecule has 5 N–H and O–H groups in total. The van der Waals surface area contributed by atoms with Crippen molar-refractivity contribution in [1.82, 2.24) is 19.9 Å². The van der Waals surface area contributed by atoms with Gasteiger partial charge >= 0.3 is 0 Å². The Morgan fingerprint density at radius 3 is 2.65 bits per heavy atom. The molecular formula is C15H22N6O4S. The molecule has 2 aromatic rings. The summed E-state index contributed by atoms with van der Waals surface area (Å²) in [6, 6.07) is 6.83. The number of rotatable bonds is 10.